The molecule has 218 valence electrons. The minimum Gasteiger partial charge on any atom is -0.396 e. The molecule has 0 heterocycles. The van der Waals surface area contributed by atoms with Gasteiger partial charge in [0, 0.05) is 48.0 Å². The molecule has 0 aliphatic rings. The summed E-state index contributed by atoms with van der Waals surface area (Å²) in [5, 5.41) is 18.7. The lowest BCUT2D eigenvalue weighted by Gasteiger charge is -2.05. The highest BCUT2D eigenvalue weighted by atomic mass is 32.3. The SMILES string of the molecule is CSC/N=C\S(=O)CSCSCSCSCSC(=O)NCSCSCSCSC/N=C/S(=O)CCCO. The van der Waals surface area contributed by atoms with Crippen LogP contribution >= 0.6 is 118 Å². The zero-order valence-corrected chi connectivity index (χ0v) is 30.3. The van der Waals surface area contributed by atoms with Gasteiger partial charge in [-0.1, -0.05) is 11.8 Å². The number of amides is 1. The van der Waals surface area contributed by atoms with Crippen molar-refractivity contribution in [2.45, 2.75) is 6.42 Å². The van der Waals surface area contributed by atoms with Crippen molar-refractivity contribution in [2.24, 2.45) is 9.98 Å². The third-order valence-corrected chi connectivity index (χ3v) is 16.7. The molecule has 7 nitrogen and oxygen atoms in total. The molecule has 0 saturated heterocycles. The number of aliphatic imine (C=N–C) groups is 2. The summed E-state index contributed by atoms with van der Waals surface area (Å²) in [5.41, 5.74) is 3.02. The van der Waals surface area contributed by atoms with Crippen LogP contribution in [0.5, 0.6) is 0 Å². The third-order valence-electron chi connectivity index (χ3n) is 3.05. The summed E-state index contributed by atoms with van der Waals surface area (Å²) in [6.07, 6.45) is 2.51. The molecule has 0 saturated carbocycles. The predicted octanol–water partition coefficient (Wildman–Crippen LogP) is 6.13. The van der Waals surface area contributed by atoms with Gasteiger partial charge in [0.15, 0.2) is 0 Å². The largest absolute Gasteiger partial charge is 0.396 e. The van der Waals surface area contributed by atoms with Crippen molar-refractivity contribution in [2.75, 3.05) is 76.9 Å². The predicted molar refractivity (Wildman–Crippen MR) is 194 cm³/mol. The monoisotopic (exact) mass is 741 g/mol. The van der Waals surface area contributed by atoms with Gasteiger partial charge in [-0.15, -0.1) is 106 Å². The van der Waals surface area contributed by atoms with E-state index in [1.165, 1.54) is 17.3 Å². The van der Waals surface area contributed by atoms with E-state index in [1.807, 2.05) is 53.3 Å². The maximum atomic E-state index is 11.9. The Morgan fingerprint density at radius 3 is 2.03 bits per heavy atom. The van der Waals surface area contributed by atoms with Gasteiger partial charge in [0.05, 0.1) is 55.4 Å². The molecule has 0 radical (unpaired) electrons. The molecule has 0 aromatic heterocycles. The Bertz CT molecular complexity index is 649. The first-order chi connectivity index (χ1) is 18.1. The van der Waals surface area contributed by atoms with Crippen LogP contribution in [0.3, 0.4) is 0 Å². The molecule has 2 atom stereocenters. The van der Waals surface area contributed by atoms with Crippen LogP contribution in [0.1, 0.15) is 6.42 Å². The van der Waals surface area contributed by atoms with Gasteiger partial charge in [0.2, 0.25) is 0 Å². The van der Waals surface area contributed by atoms with Gasteiger partial charge in [0.1, 0.15) is 0 Å². The first kappa shape index (κ1) is 39.6. The van der Waals surface area contributed by atoms with Crippen molar-refractivity contribution in [3.05, 3.63) is 0 Å². The van der Waals surface area contributed by atoms with Gasteiger partial charge in [-0.05, 0) is 12.7 Å². The molecule has 0 spiro atoms. The van der Waals surface area contributed by atoms with E-state index in [1.54, 1.807) is 64.4 Å². The molecule has 0 aromatic carbocycles. The van der Waals surface area contributed by atoms with E-state index >= 15 is 0 Å². The van der Waals surface area contributed by atoms with Crippen molar-refractivity contribution in [1.29, 1.82) is 0 Å². The zero-order chi connectivity index (χ0) is 27.2. The van der Waals surface area contributed by atoms with Gasteiger partial charge in [-0.3, -0.25) is 23.2 Å². The molecule has 0 aliphatic heterocycles. The maximum absolute atomic E-state index is 11.9. The van der Waals surface area contributed by atoms with Crippen LogP contribution in [0, 0.1) is 0 Å². The number of aliphatic hydroxyl groups is 1. The fourth-order valence-electron chi connectivity index (χ4n) is 1.62. The molecule has 0 rings (SSSR count). The van der Waals surface area contributed by atoms with Crippen LogP contribution in [0.15, 0.2) is 9.98 Å². The number of nitrogens with zero attached hydrogens (tertiary/aromatic N) is 2. The van der Waals surface area contributed by atoms with E-state index in [-0.39, 0.29) is 11.8 Å². The third kappa shape index (κ3) is 32.9. The number of hydrogen-bond donors (Lipinski definition) is 2. The highest BCUT2D eigenvalue weighted by Gasteiger charge is 2.02. The van der Waals surface area contributed by atoms with Crippen LogP contribution in [0.4, 0.5) is 4.79 Å². The normalized spacial score (nSPS) is 13.5. The van der Waals surface area contributed by atoms with Gasteiger partial charge in [-0.25, -0.2) is 0 Å². The summed E-state index contributed by atoms with van der Waals surface area (Å²) in [7, 11) is -2.04. The average Bonchev–Trinajstić information content (AvgIpc) is 2.89. The Hall–Kier alpha value is 2.57. The van der Waals surface area contributed by atoms with E-state index in [2.05, 4.69) is 15.3 Å². The second-order valence-corrected chi connectivity index (χ2v) is 21.2. The van der Waals surface area contributed by atoms with E-state index < -0.39 is 21.6 Å². The summed E-state index contributed by atoms with van der Waals surface area (Å²) in [4.78, 5) is 20.1. The van der Waals surface area contributed by atoms with Crippen LogP contribution in [0.2, 0.25) is 0 Å². The van der Waals surface area contributed by atoms with E-state index in [4.69, 9.17) is 5.11 Å². The quantitative estimate of drug-likeness (QED) is 0.0437. The molecule has 19 heteroatoms. The fraction of sp³-hybridized carbons (Fsp3) is 0.833. The van der Waals surface area contributed by atoms with Gasteiger partial charge in [0.25, 0.3) is 5.24 Å². The molecule has 0 aliphatic carbocycles. The molecule has 2 N–H and O–H groups in total. The van der Waals surface area contributed by atoms with Gasteiger partial charge < -0.3 is 10.4 Å². The first-order valence-electron chi connectivity index (χ1n) is 10.5. The standard InChI is InChI=1S/C18H35N3O4S12/c1-26-5-19-9-37(25)17-34-15-32-13-31-14-33-16-35-18(23)21-7-28-11-30-12-29-10-27-6-20-8-36(24)4-2-3-22/h8-9,22H,2-7,10-17H2,1H3,(H,21,23)/b19-9-,20-8+. The molecular weight excluding hydrogens is 707 g/mol. The maximum Gasteiger partial charge on any atom is 0.280 e. The number of aliphatic hydroxyl groups excluding tert-OH is 1. The summed E-state index contributed by atoms with van der Waals surface area (Å²) in [6, 6.07) is 0. The summed E-state index contributed by atoms with van der Waals surface area (Å²) < 4.78 is 23.1. The van der Waals surface area contributed by atoms with Crippen molar-refractivity contribution in [3.63, 3.8) is 0 Å². The van der Waals surface area contributed by atoms with Crippen LogP contribution in [0.25, 0.3) is 0 Å². The van der Waals surface area contributed by atoms with E-state index in [0.29, 0.717) is 34.9 Å². The topological polar surface area (TPSA) is 108 Å². The second-order valence-electron chi connectivity index (χ2n) is 5.99. The molecule has 1 amide bonds. The molecule has 2 unspecified atom stereocenters. The summed E-state index contributed by atoms with van der Waals surface area (Å²) in [6.45, 7) is 0.0638. The number of carbonyl (C=O) groups is 1. The van der Waals surface area contributed by atoms with Crippen molar-refractivity contribution < 1.29 is 18.3 Å². The molecule has 37 heavy (non-hydrogen) atoms. The lowest BCUT2D eigenvalue weighted by atomic mass is 10.5. The Morgan fingerprint density at radius 2 is 1.35 bits per heavy atom. The number of nitrogens with one attached hydrogen (secondary N) is 1. The Labute approximate surface area is 269 Å². The fourth-order valence-corrected chi connectivity index (χ4v) is 14.1. The highest BCUT2D eigenvalue weighted by Crippen LogP contribution is 2.24. The van der Waals surface area contributed by atoms with Crippen LogP contribution < -0.4 is 5.32 Å². The molecule has 0 aromatic rings. The second kappa shape index (κ2) is 33.1. The number of hydrogen-bond acceptors (Lipinski definition) is 16. The average molecular weight is 742 g/mol. The Balaban J connectivity index is 3.31. The first-order valence-corrected chi connectivity index (χ1v) is 24.8. The van der Waals surface area contributed by atoms with Crippen molar-refractivity contribution in [3.8, 4) is 0 Å². The summed E-state index contributed by atoms with van der Waals surface area (Å²) >= 11 is 17.1. The minimum absolute atomic E-state index is 0.0264. The van der Waals surface area contributed by atoms with E-state index in [0.717, 1.165) is 35.6 Å². The smallest absolute Gasteiger partial charge is 0.280 e. The minimum atomic E-state index is -1.07. The lowest BCUT2D eigenvalue weighted by molar-refractivity contribution is 0.262. The molecular formula is C18H35N3O4S12. The highest BCUT2D eigenvalue weighted by molar-refractivity contribution is 8.30. The lowest BCUT2D eigenvalue weighted by Crippen LogP contribution is -2.17. The van der Waals surface area contributed by atoms with Crippen LogP contribution in [-0.4, -0.2) is 107 Å². The van der Waals surface area contributed by atoms with Crippen LogP contribution in [-0.2, 0) is 21.6 Å². The number of thioether (sulfide) groups is 10. The van der Waals surface area contributed by atoms with Crippen molar-refractivity contribution in [1.82, 2.24) is 5.32 Å². The van der Waals surface area contributed by atoms with Gasteiger partial charge in [-0.2, -0.15) is 0 Å². The number of carbonyl (C=O) groups excluding carboxylic acids is 1. The number of rotatable bonds is 27. The molecule has 0 fully saturated rings. The Morgan fingerprint density at radius 1 is 0.784 bits per heavy atom. The van der Waals surface area contributed by atoms with E-state index in [9.17, 15) is 13.2 Å². The van der Waals surface area contributed by atoms with Gasteiger partial charge >= 0.3 is 0 Å². The Kier molecular flexibility index (Phi) is 35.4. The van der Waals surface area contributed by atoms with Crippen molar-refractivity contribution >= 4 is 156 Å². The molecule has 0 bridgehead atoms. The zero-order valence-electron chi connectivity index (χ0n) is 20.5. The summed E-state index contributed by atoms with van der Waals surface area (Å²) in [5.74, 6) is 2.36.